The number of nitrogens with one attached hydrogen (secondary N) is 2. The summed E-state index contributed by atoms with van der Waals surface area (Å²) in [4.78, 5) is 7.92. The van der Waals surface area contributed by atoms with Gasteiger partial charge in [0.05, 0.1) is 25.3 Å². The Kier molecular flexibility index (Phi) is 4.78. The largest absolute Gasteiger partial charge is 0.493 e. The lowest BCUT2D eigenvalue weighted by Crippen LogP contribution is -2.17. The number of hydrogen-bond donors (Lipinski definition) is 2. The van der Waals surface area contributed by atoms with Gasteiger partial charge in [0, 0.05) is 25.1 Å². The second kappa shape index (κ2) is 7.15. The molecule has 0 bridgehead atoms. The molecule has 0 spiro atoms. The molecule has 0 aliphatic heterocycles. The van der Waals surface area contributed by atoms with Crippen LogP contribution in [0.4, 0.5) is 0 Å². The number of para-hydroxylation sites is 3. The smallest absolute Gasteiger partial charge is 0.165 e. The minimum absolute atomic E-state index is 0.723. The lowest BCUT2D eigenvalue weighted by Gasteiger charge is -2.12. The van der Waals surface area contributed by atoms with Crippen molar-refractivity contribution in [2.45, 2.75) is 13.0 Å². The predicted octanol–water partition coefficient (Wildman–Crippen LogP) is 2.91. The first kappa shape index (κ1) is 15.4. The van der Waals surface area contributed by atoms with Crippen LogP contribution in [0.15, 0.2) is 42.5 Å². The van der Waals surface area contributed by atoms with Crippen molar-refractivity contribution in [1.82, 2.24) is 15.3 Å². The molecule has 3 rings (SSSR count). The van der Waals surface area contributed by atoms with Gasteiger partial charge in [0.15, 0.2) is 11.5 Å². The number of ether oxygens (including phenoxy) is 2. The maximum absolute atomic E-state index is 5.44. The molecule has 120 valence electrons. The number of nitrogens with zero attached hydrogens (tertiary/aromatic N) is 1. The third-order valence-corrected chi connectivity index (χ3v) is 3.78. The Morgan fingerprint density at radius 3 is 2.70 bits per heavy atom. The van der Waals surface area contributed by atoms with Crippen molar-refractivity contribution in [3.8, 4) is 11.5 Å². The van der Waals surface area contributed by atoms with Crippen molar-refractivity contribution >= 4 is 11.0 Å². The van der Waals surface area contributed by atoms with Crippen LogP contribution in [0.2, 0.25) is 0 Å². The molecule has 0 radical (unpaired) electrons. The van der Waals surface area contributed by atoms with Gasteiger partial charge in [-0.1, -0.05) is 24.3 Å². The van der Waals surface area contributed by atoms with Crippen LogP contribution in [-0.2, 0) is 13.0 Å². The fourth-order valence-electron chi connectivity index (χ4n) is 2.65. The van der Waals surface area contributed by atoms with E-state index in [1.165, 1.54) is 0 Å². The number of imidazole rings is 1. The highest BCUT2D eigenvalue weighted by atomic mass is 16.5. The number of fused-ring (bicyclic) bond motifs is 1. The van der Waals surface area contributed by atoms with Crippen LogP contribution < -0.4 is 14.8 Å². The molecule has 0 saturated carbocycles. The summed E-state index contributed by atoms with van der Waals surface area (Å²) >= 11 is 0. The molecule has 0 fully saturated rings. The zero-order valence-electron chi connectivity index (χ0n) is 13.4. The van der Waals surface area contributed by atoms with Gasteiger partial charge in [-0.05, 0) is 18.2 Å². The minimum Gasteiger partial charge on any atom is -0.493 e. The maximum atomic E-state index is 5.44. The lowest BCUT2D eigenvalue weighted by atomic mass is 10.2. The summed E-state index contributed by atoms with van der Waals surface area (Å²) < 4.78 is 10.8. The zero-order valence-corrected chi connectivity index (χ0v) is 13.4. The van der Waals surface area contributed by atoms with E-state index in [2.05, 4.69) is 15.3 Å². The summed E-state index contributed by atoms with van der Waals surface area (Å²) in [6, 6.07) is 14.0. The van der Waals surface area contributed by atoms with Crippen LogP contribution in [0.3, 0.4) is 0 Å². The van der Waals surface area contributed by atoms with Crippen LogP contribution in [-0.4, -0.2) is 30.7 Å². The van der Waals surface area contributed by atoms with Gasteiger partial charge in [-0.2, -0.15) is 0 Å². The Morgan fingerprint density at radius 2 is 1.91 bits per heavy atom. The summed E-state index contributed by atoms with van der Waals surface area (Å²) in [6.45, 7) is 1.56. The van der Waals surface area contributed by atoms with Crippen molar-refractivity contribution < 1.29 is 9.47 Å². The quantitative estimate of drug-likeness (QED) is 0.659. The van der Waals surface area contributed by atoms with E-state index in [0.29, 0.717) is 0 Å². The fraction of sp³-hybridized carbons (Fsp3) is 0.278. The Labute approximate surface area is 135 Å². The second-order valence-electron chi connectivity index (χ2n) is 5.28. The molecule has 0 aliphatic rings. The summed E-state index contributed by atoms with van der Waals surface area (Å²) in [5, 5.41) is 3.42. The van der Waals surface area contributed by atoms with Gasteiger partial charge < -0.3 is 19.8 Å². The molecule has 1 aromatic heterocycles. The number of aromatic amines is 1. The number of aromatic nitrogens is 2. The number of hydrogen-bond acceptors (Lipinski definition) is 4. The highest BCUT2D eigenvalue weighted by Crippen LogP contribution is 2.30. The highest BCUT2D eigenvalue weighted by Gasteiger charge is 2.09. The molecule has 5 nitrogen and oxygen atoms in total. The molecule has 0 aliphatic carbocycles. The normalized spacial score (nSPS) is 10.9. The Hall–Kier alpha value is -2.53. The van der Waals surface area contributed by atoms with Crippen molar-refractivity contribution in [2.24, 2.45) is 0 Å². The number of rotatable bonds is 7. The lowest BCUT2D eigenvalue weighted by molar-refractivity contribution is 0.350. The van der Waals surface area contributed by atoms with E-state index in [1.807, 2.05) is 42.5 Å². The number of methoxy groups -OCH3 is 2. The van der Waals surface area contributed by atoms with E-state index in [9.17, 15) is 0 Å². The van der Waals surface area contributed by atoms with E-state index < -0.39 is 0 Å². The van der Waals surface area contributed by atoms with Crippen molar-refractivity contribution in [3.63, 3.8) is 0 Å². The van der Waals surface area contributed by atoms with Crippen molar-refractivity contribution in [1.29, 1.82) is 0 Å². The van der Waals surface area contributed by atoms with Crippen molar-refractivity contribution in [3.05, 3.63) is 53.9 Å². The van der Waals surface area contributed by atoms with Crippen LogP contribution in [0.1, 0.15) is 11.4 Å². The topological polar surface area (TPSA) is 59.2 Å². The van der Waals surface area contributed by atoms with Crippen LogP contribution in [0.5, 0.6) is 11.5 Å². The van der Waals surface area contributed by atoms with Crippen molar-refractivity contribution in [2.75, 3.05) is 20.8 Å². The number of H-pyrrole nitrogens is 1. The minimum atomic E-state index is 0.723. The van der Waals surface area contributed by atoms with E-state index in [4.69, 9.17) is 9.47 Å². The van der Waals surface area contributed by atoms with Crippen LogP contribution >= 0.6 is 0 Å². The maximum Gasteiger partial charge on any atom is 0.165 e. The summed E-state index contributed by atoms with van der Waals surface area (Å²) in [6.07, 6.45) is 0.848. The molecule has 1 heterocycles. The molecule has 0 saturated heterocycles. The van der Waals surface area contributed by atoms with Gasteiger partial charge in [0.1, 0.15) is 5.82 Å². The SMILES string of the molecule is COc1cccc(CNCCc2nc3ccccc3[nH]2)c1OC. The molecule has 0 unspecified atom stereocenters. The zero-order chi connectivity index (χ0) is 16.1. The van der Waals surface area contributed by atoms with E-state index >= 15 is 0 Å². The Morgan fingerprint density at radius 1 is 1.04 bits per heavy atom. The van der Waals surface area contributed by atoms with Crippen LogP contribution in [0, 0.1) is 0 Å². The average Bonchev–Trinajstić information content (AvgIpc) is 3.01. The molecular weight excluding hydrogens is 290 g/mol. The molecule has 0 atom stereocenters. The second-order valence-corrected chi connectivity index (χ2v) is 5.28. The van der Waals surface area contributed by atoms with Gasteiger partial charge in [0.25, 0.3) is 0 Å². The third kappa shape index (κ3) is 3.46. The first-order valence-electron chi connectivity index (χ1n) is 7.66. The van der Waals surface area contributed by atoms with E-state index in [0.717, 1.165) is 53.4 Å². The molecule has 23 heavy (non-hydrogen) atoms. The van der Waals surface area contributed by atoms with E-state index in [-0.39, 0.29) is 0 Å². The summed E-state index contributed by atoms with van der Waals surface area (Å²) in [5.41, 5.74) is 3.17. The van der Waals surface area contributed by atoms with Gasteiger partial charge in [-0.25, -0.2) is 4.98 Å². The number of benzene rings is 2. The predicted molar refractivity (Wildman–Crippen MR) is 91.1 cm³/mol. The molecule has 5 heteroatoms. The van der Waals surface area contributed by atoms with Gasteiger partial charge in [-0.15, -0.1) is 0 Å². The van der Waals surface area contributed by atoms with Crippen LogP contribution in [0.25, 0.3) is 11.0 Å². The monoisotopic (exact) mass is 311 g/mol. The molecule has 2 aromatic carbocycles. The first-order valence-corrected chi connectivity index (χ1v) is 7.66. The molecule has 2 N–H and O–H groups in total. The fourth-order valence-corrected chi connectivity index (χ4v) is 2.65. The Balaban J connectivity index is 1.57. The highest BCUT2D eigenvalue weighted by molar-refractivity contribution is 5.74. The van der Waals surface area contributed by atoms with Gasteiger partial charge in [-0.3, -0.25) is 0 Å². The van der Waals surface area contributed by atoms with Gasteiger partial charge in [0.2, 0.25) is 0 Å². The Bertz CT molecular complexity index is 750. The summed E-state index contributed by atoms with van der Waals surface area (Å²) in [7, 11) is 3.31. The first-order chi connectivity index (χ1) is 11.3. The molecule has 3 aromatic rings. The molecule has 0 amide bonds. The summed E-state index contributed by atoms with van der Waals surface area (Å²) in [5.74, 6) is 2.53. The molecular formula is C18H21N3O2. The van der Waals surface area contributed by atoms with Gasteiger partial charge >= 0.3 is 0 Å². The third-order valence-electron chi connectivity index (χ3n) is 3.78. The standard InChI is InChI=1S/C18H21N3O2/c1-22-16-9-5-6-13(18(16)23-2)12-19-11-10-17-20-14-7-3-4-8-15(14)21-17/h3-9,19H,10-12H2,1-2H3,(H,20,21). The average molecular weight is 311 g/mol. The van der Waals surface area contributed by atoms with E-state index in [1.54, 1.807) is 14.2 Å².